The molecule has 1 unspecified atom stereocenters. The Morgan fingerprint density at radius 1 is 1.06 bits per heavy atom. The maximum atomic E-state index is 14.6. The first-order valence-corrected chi connectivity index (χ1v) is 19.4. The second-order valence-electron chi connectivity index (χ2n) is 14.4. The molecule has 3 saturated carbocycles. The third kappa shape index (κ3) is 7.03. The zero-order chi connectivity index (χ0) is 35.0. The second-order valence-corrected chi connectivity index (χ2v) is 16.4. The van der Waals surface area contributed by atoms with Crippen molar-refractivity contribution in [3.8, 4) is 5.88 Å². The van der Waals surface area contributed by atoms with E-state index in [1.54, 1.807) is 6.20 Å². The summed E-state index contributed by atoms with van der Waals surface area (Å²) in [5, 5.41) is 6.81. The summed E-state index contributed by atoms with van der Waals surface area (Å²) in [4.78, 5) is 61.4. The van der Waals surface area contributed by atoms with E-state index >= 15 is 0 Å². The molecule has 50 heavy (non-hydrogen) atoms. The van der Waals surface area contributed by atoms with Gasteiger partial charge in [-0.3, -0.25) is 19.1 Å². The Hall–Kier alpha value is -4.20. The number of nitrogens with one attached hydrogen (secondary N) is 3. The van der Waals surface area contributed by atoms with E-state index in [-0.39, 0.29) is 31.9 Å². The van der Waals surface area contributed by atoms with Gasteiger partial charge in [0, 0.05) is 23.9 Å². The van der Waals surface area contributed by atoms with Crippen LogP contribution in [0, 0.1) is 11.8 Å². The van der Waals surface area contributed by atoms with Crippen LogP contribution in [0.15, 0.2) is 43.1 Å². The second kappa shape index (κ2) is 13.8. The Kier molecular flexibility index (Phi) is 9.48. The van der Waals surface area contributed by atoms with Gasteiger partial charge in [-0.1, -0.05) is 37.5 Å². The number of sulfonamides is 1. The fourth-order valence-electron chi connectivity index (χ4n) is 7.78. The molecule has 4 amide bonds. The number of nitrogens with zero attached hydrogens (tertiary/aromatic N) is 2. The van der Waals surface area contributed by atoms with Crippen molar-refractivity contribution < 1.29 is 37.1 Å². The Bertz CT molecular complexity index is 1790. The van der Waals surface area contributed by atoms with Gasteiger partial charge in [0.15, 0.2) is 0 Å². The summed E-state index contributed by atoms with van der Waals surface area (Å²) in [5.74, 6) is -2.10. The van der Waals surface area contributed by atoms with E-state index in [1.165, 1.54) is 11.0 Å². The number of cyclic esters (lactones) is 1. The van der Waals surface area contributed by atoms with E-state index < -0.39 is 68.7 Å². The summed E-state index contributed by atoms with van der Waals surface area (Å²) in [6.07, 6.45) is 9.64. The van der Waals surface area contributed by atoms with Crippen molar-refractivity contribution >= 4 is 44.6 Å². The van der Waals surface area contributed by atoms with Crippen molar-refractivity contribution in [1.29, 1.82) is 0 Å². The van der Waals surface area contributed by atoms with Crippen LogP contribution >= 0.6 is 0 Å². The van der Waals surface area contributed by atoms with Gasteiger partial charge in [0.2, 0.25) is 27.7 Å². The normalized spacial score (nSPS) is 29.3. The van der Waals surface area contributed by atoms with Crippen LogP contribution in [0.3, 0.4) is 0 Å². The molecule has 268 valence electrons. The molecule has 3 heterocycles. The minimum absolute atomic E-state index is 0.0365. The summed E-state index contributed by atoms with van der Waals surface area (Å²) in [5.41, 5.74) is -0.434. The molecule has 5 atom stereocenters. The van der Waals surface area contributed by atoms with Gasteiger partial charge in [0.05, 0.1) is 18.4 Å². The number of aryl methyl sites for hydroxylation is 1. The van der Waals surface area contributed by atoms with E-state index in [9.17, 15) is 27.6 Å². The van der Waals surface area contributed by atoms with Gasteiger partial charge in [0.25, 0.3) is 5.91 Å². The molecule has 14 heteroatoms. The zero-order valence-corrected chi connectivity index (χ0v) is 28.9. The standard InChI is InChI=1S/C36H45N5O8S/c1-2-25-20-36(25,34(44)40-50(46,47)27-13-14-27)39-31(42)29-19-26-21-41(29)33(43)30(24-9-4-3-5-10-24)38-35(45)48-17-7-6-8-22-11-12-23-15-16-37-32(49-26)28(23)18-22/h2,11-12,15-16,18,24-27,29-30H,1,3-10,13-14,17,19-21H2,(H,38,45)(H,39,42)(H,40,44)/t25-,26-,29+,30+,36?/m1/s1. The van der Waals surface area contributed by atoms with Crippen LogP contribution in [-0.2, 0) is 35.6 Å². The zero-order valence-electron chi connectivity index (χ0n) is 28.1. The molecule has 2 aliphatic heterocycles. The van der Waals surface area contributed by atoms with E-state index in [1.807, 2.05) is 18.2 Å². The summed E-state index contributed by atoms with van der Waals surface area (Å²) in [7, 11) is -3.87. The predicted molar refractivity (Wildman–Crippen MR) is 183 cm³/mol. The summed E-state index contributed by atoms with van der Waals surface area (Å²) < 4.78 is 39.6. The van der Waals surface area contributed by atoms with Crippen LogP contribution in [0.1, 0.15) is 76.2 Å². The number of aromatic nitrogens is 1. The fraction of sp³-hybridized carbons (Fsp3) is 0.583. The number of alkyl carbamates (subject to hydrolysis) is 1. The molecule has 0 spiro atoms. The summed E-state index contributed by atoms with van der Waals surface area (Å²) in [6, 6.07) is 5.99. The molecule has 4 bridgehead atoms. The number of hydrogen-bond acceptors (Lipinski definition) is 9. The van der Waals surface area contributed by atoms with Gasteiger partial charge >= 0.3 is 6.09 Å². The number of carbonyl (C=O) groups excluding carboxylic acids is 4. The van der Waals surface area contributed by atoms with Crippen LogP contribution in [0.2, 0.25) is 0 Å². The average Bonchev–Trinajstić information content (AvgIpc) is 4.04. The first-order chi connectivity index (χ1) is 24.1. The highest BCUT2D eigenvalue weighted by Crippen LogP contribution is 2.45. The molecule has 1 aromatic heterocycles. The number of hydrogen-bond donors (Lipinski definition) is 3. The molecule has 3 N–H and O–H groups in total. The molecule has 13 nitrogen and oxygen atoms in total. The quantitative estimate of drug-likeness (QED) is 0.365. The molecule has 0 radical (unpaired) electrons. The van der Waals surface area contributed by atoms with Gasteiger partial charge in [-0.05, 0) is 80.4 Å². The first-order valence-electron chi connectivity index (χ1n) is 17.9. The maximum Gasteiger partial charge on any atom is 0.407 e. The van der Waals surface area contributed by atoms with Crippen molar-refractivity contribution in [2.75, 3.05) is 13.2 Å². The number of pyridine rings is 1. The molecule has 4 fully saturated rings. The van der Waals surface area contributed by atoms with Crippen LogP contribution in [-0.4, -0.2) is 84.2 Å². The third-order valence-corrected chi connectivity index (χ3v) is 12.7. The molecule has 3 aliphatic carbocycles. The van der Waals surface area contributed by atoms with Gasteiger partial charge in [-0.2, -0.15) is 0 Å². The highest BCUT2D eigenvalue weighted by molar-refractivity contribution is 7.91. The Morgan fingerprint density at radius 2 is 1.86 bits per heavy atom. The first kappa shape index (κ1) is 34.3. The number of benzene rings is 1. The lowest BCUT2D eigenvalue weighted by Crippen LogP contribution is -2.59. The molecule has 7 rings (SSSR count). The Labute approximate surface area is 292 Å². The Balaban J connectivity index is 1.21. The highest BCUT2D eigenvalue weighted by Gasteiger charge is 2.62. The summed E-state index contributed by atoms with van der Waals surface area (Å²) in [6.45, 7) is 4.02. The van der Waals surface area contributed by atoms with E-state index in [2.05, 4.69) is 33.0 Å². The van der Waals surface area contributed by atoms with Crippen LogP contribution in [0.4, 0.5) is 4.79 Å². The SMILES string of the molecule is C=C[C@@H]1CC1(NC(=O)[C@@H]1C[C@@H]2CN1C(=O)[C@H](C1CCCCC1)NC(=O)OCCCCc1ccc3ccnc(c3c1)O2)C(=O)NS(=O)(=O)C1CC1. The van der Waals surface area contributed by atoms with Crippen molar-refractivity contribution in [2.24, 2.45) is 11.8 Å². The molecule has 5 aliphatic rings. The van der Waals surface area contributed by atoms with E-state index in [0.29, 0.717) is 25.1 Å². The number of amides is 4. The van der Waals surface area contributed by atoms with Gasteiger partial charge in [-0.15, -0.1) is 6.58 Å². The lowest BCUT2D eigenvalue weighted by atomic mass is 9.83. The number of ether oxygens (including phenoxy) is 2. The van der Waals surface area contributed by atoms with E-state index in [0.717, 1.165) is 61.3 Å². The monoisotopic (exact) mass is 707 g/mol. The van der Waals surface area contributed by atoms with Crippen molar-refractivity contribution in [1.82, 2.24) is 25.2 Å². The molecule has 1 aromatic carbocycles. The van der Waals surface area contributed by atoms with E-state index in [4.69, 9.17) is 9.47 Å². The number of fused-ring (bicyclic) bond motifs is 3. The van der Waals surface area contributed by atoms with Crippen LogP contribution < -0.4 is 20.1 Å². The molecular formula is C36H45N5O8S. The minimum atomic E-state index is -3.87. The fourth-order valence-corrected chi connectivity index (χ4v) is 9.15. The molecular weight excluding hydrogens is 662 g/mol. The van der Waals surface area contributed by atoms with Crippen LogP contribution in [0.5, 0.6) is 5.88 Å². The lowest BCUT2D eigenvalue weighted by molar-refractivity contribution is -0.142. The largest absolute Gasteiger partial charge is 0.472 e. The number of rotatable bonds is 7. The summed E-state index contributed by atoms with van der Waals surface area (Å²) >= 11 is 0. The third-order valence-electron chi connectivity index (χ3n) is 10.9. The molecule has 2 aromatic rings. The minimum Gasteiger partial charge on any atom is -0.472 e. The lowest BCUT2D eigenvalue weighted by Gasteiger charge is -2.34. The molecule has 1 saturated heterocycles. The van der Waals surface area contributed by atoms with Crippen molar-refractivity contribution in [2.45, 2.75) is 106 Å². The van der Waals surface area contributed by atoms with Gasteiger partial charge in [0.1, 0.15) is 23.7 Å². The topological polar surface area (TPSA) is 173 Å². The predicted octanol–water partition coefficient (Wildman–Crippen LogP) is 3.26. The highest BCUT2D eigenvalue weighted by atomic mass is 32.2. The van der Waals surface area contributed by atoms with Gasteiger partial charge in [-0.25, -0.2) is 18.2 Å². The average molecular weight is 708 g/mol. The van der Waals surface area contributed by atoms with Crippen molar-refractivity contribution in [3.63, 3.8) is 0 Å². The van der Waals surface area contributed by atoms with Crippen molar-refractivity contribution in [3.05, 3.63) is 48.7 Å². The maximum absolute atomic E-state index is 14.6. The van der Waals surface area contributed by atoms with Gasteiger partial charge < -0.3 is 25.0 Å². The Morgan fingerprint density at radius 3 is 2.60 bits per heavy atom. The smallest absolute Gasteiger partial charge is 0.407 e. The van der Waals surface area contributed by atoms with Crippen LogP contribution in [0.25, 0.3) is 10.8 Å². The number of carbonyl (C=O) groups is 4.